The second kappa shape index (κ2) is 7.29. The van der Waals surface area contributed by atoms with Crippen molar-refractivity contribution in [2.45, 2.75) is 33.2 Å². The largest absolute Gasteiger partial charge is 0.491 e. The van der Waals surface area contributed by atoms with Gasteiger partial charge in [0.05, 0.1) is 12.8 Å². The topological polar surface area (TPSA) is 34.2 Å². The molecule has 0 saturated carbocycles. The third-order valence-corrected chi connectivity index (χ3v) is 3.81. The van der Waals surface area contributed by atoms with Crippen LogP contribution in [0.1, 0.15) is 32.3 Å². The SMILES string of the molecule is CCNCc1ccncc1OCC1CC=CCC1C. The van der Waals surface area contributed by atoms with E-state index >= 15 is 0 Å². The summed E-state index contributed by atoms with van der Waals surface area (Å²) >= 11 is 0. The number of aromatic nitrogens is 1. The van der Waals surface area contributed by atoms with Crippen molar-refractivity contribution in [3.05, 3.63) is 36.2 Å². The van der Waals surface area contributed by atoms with Gasteiger partial charge < -0.3 is 10.1 Å². The Labute approximate surface area is 116 Å². The fraction of sp³-hybridized carbons (Fsp3) is 0.562. The van der Waals surface area contributed by atoms with Crippen molar-refractivity contribution in [1.29, 1.82) is 0 Å². The normalized spacial score (nSPS) is 22.4. The standard InChI is InChI=1S/C16H24N2O/c1-3-17-10-14-8-9-18-11-16(14)19-12-15-7-5-4-6-13(15)2/h4-5,8-9,11,13,15,17H,3,6-7,10,12H2,1-2H3. The van der Waals surface area contributed by atoms with Gasteiger partial charge in [-0.1, -0.05) is 26.0 Å². The first-order chi connectivity index (χ1) is 9.31. The highest BCUT2D eigenvalue weighted by Gasteiger charge is 2.19. The van der Waals surface area contributed by atoms with Gasteiger partial charge in [0, 0.05) is 18.3 Å². The molecule has 2 atom stereocenters. The zero-order valence-electron chi connectivity index (χ0n) is 11.9. The molecular weight excluding hydrogens is 236 g/mol. The van der Waals surface area contributed by atoms with Crippen LogP contribution in [-0.4, -0.2) is 18.1 Å². The van der Waals surface area contributed by atoms with Crippen LogP contribution in [0, 0.1) is 11.8 Å². The van der Waals surface area contributed by atoms with Gasteiger partial charge in [-0.3, -0.25) is 4.98 Å². The second-order valence-corrected chi connectivity index (χ2v) is 5.25. The van der Waals surface area contributed by atoms with Crippen molar-refractivity contribution < 1.29 is 4.74 Å². The molecule has 2 rings (SSSR count). The molecule has 1 aromatic rings. The molecule has 1 aliphatic carbocycles. The lowest BCUT2D eigenvalue weighted by Gasteiger charge is -2.25. The van der Waals surface area contributed by atoms with Crippen LogP contribution in [-0.2, 0) is 6.54 Å². The Bertz CT molecular complexity index is 417. The molecule has 0 amide bonds. The molecule has 3 heteroatoms. The Hall–Kier alpha value is -1.35. The minimum Gasteiger partial charge on any atom is -0.491 e. The molecule has 1 aromatic heterocycles. The van der Waals surface area contributed by atoms with Crippen molar-refractivity contribution >= 4 is 0 Å². The van der Waals surface area contributed by atoms with E-state index in [9.17, 15) is 0 Å². The van der Waals surface area contributed by atoms with Crippen LogP contribution in [0.2, 0.25) is 0 Å². The molecule has 0 saturated heterocycles. The fourth-order valence-corrected chi connectivity index (χ4v) is 2.38. The van der Waals surface area contributed by atoms with Gasteiger partial charge in [0.15, 0.2) is 0 Å². The van der Waals surface area contributed by atoms with Crippen LogP contribution in [0.5, 0.6) is 5.75 Å². The van der Waals surface area contributed by atoms with E-state index in [2.05, 4.69) is 36.3 Å². The number of pyridine rings is 1. The van der Waals surface area contributed by atoms with Gasteiger partial charge >= 0.3 is 0 Å². The maximum Gasteiger partial charge on any atom is 0.142 e. The Balaban J connectivity index is 1.93. The van der Waals surface area contributed by atoms with Gasteiger partial charge in [-0.2, -0.15) is 0 Å². The zero-order valence-corrected chi connectivity index (χ0v) is 11.9. The highest BCUT2D eigenvalue weighted by atomic mass is 16.5. The maximum absolute atomic E-state index is 6.01. The zero-order chi connectivity index (χ0) is 13.5. The van der Waals surface area contributed by atoms with Crippen molar-refractivity contribution in [3.8, 4) is 5.75 Å². The lowest BCUT2D eigenvalue weighted by atomic mass is 9.85. The number of rotatable bonds is 6. The predicted molar refractivity (Wildman–Crippen MR) is 78.1 cm³/mol. The fourth-order valence-electron chi connectivity index (χ4n) is 2.38. The lowest BCUT2D eigenvalue weighted by molar-refractivity contribution is 0.196. The monoisotopic (exact) mass is 260 g/mol. The van der Waals surface area contributed by atoms with Crippen LogP contribution in [0.25, 0.3) is 0 Å². The molecule has 1 heterocycles. The second-order valence-electron chi connectivity index (χ2n) is 5.25. The summed E-state index contributed by atoms with van der Waals surface area (Å²) in [5.41, 5.74) is 1.19. The van der Waals surface area contributed by atoms with E-state index in [1.165, 1.54) is 12.0 Å². The number of allylic oxidation sites excluding steroid dienone is 2. The Kier molecular flexibility index (Phi) is 5.40. The van der Waals surface area contributed by atoms with Gasteiger partial charge in [0.25, 0.3) is 0 Å². The number of ether oxygens (including phenoxy) is 1. The summed E-state index contributed by atoms with van der Waals surface area (Å²) in [5, 5.41) is 3.33. The summed E-state index contributed by atoms with van der Waals surface area (Å²) < 4.78 is 6.01. The average Bonchev–Trinajstić information content (AvgIpc) is 2.45. The molecule has 1 aliphatic rings. The first-order valence-corrected chi connectivity index (χ1v) is 7.22. The van der Waals surface area contributed by atoms with Crippen LogP contribution in [0.15, 0.2) is 30.6 Å². The quantitative estimate of drug-likeness (QED) is 0.798. The number of hydrogen-bond donors (Lipinski definition) is 1. The molecule has 3 nitrogen and oxygen atoms in total. The summed E-state index contributed by atoms with van der Waals surface area (Å²) in [6.07, 6.45) is 10.5. The highest BCUT2D eigenvalue weighted by Crippen LogP contribution is 2.26. The minimum absolute atomic E-state index is 0.622. The molecular formula is C16H24N2O. The van der Waals surface area contributed by atoms with E-state index < -0.39 is 0 Å². The lowest BCUT2D eigenvalue weighted by Crippen LogP contribution is -2.22. The predicted octanol–water partition coefficient (Wildman–Crippen LogP) is 3.17. The van der Waals surface area contributed by atoms with Crippen LogP contribution in [0.4, 0.5) is 0 Å². The summed E-state index contributed by atoms with van der Waals surface area (Å²) in [5.74, 6) is 2.25. The molecule has 1 N–H and O–H groups in total. The Morgan fingerprint density at radius 2 is 2.21 bits per heavy atom. The van der Waals surface area contributed by atoms with Crippen molar-refractivity contribution in [2.24, 2.45) is 11.8 Å². The molecule has 19 heavy (non-hydrogen) atoms. The Morgan fingerprint density at radius 3 is 3.00 bits per heavy atom. The smallest absolute Gasteiger partial charge is 0.142 e. The molecule has 0 fully saturated rings. The first kappa shape index (κ1) is 14.1. The van der Waals surface area contributed by atoms with E-state index in [4.69, 9.17) is 4.74 Å². The molecule has 0 radical (unpaired) electrons. The summed E-state index contributed by atoms with van der Waals surface area (Å²) in [4.78, 5) is 4.17. The van der Waals surface area contributed by atoms with E-state index in [1.54, 1.807) is 0 Å². The van der Waals surface area contributed by atoms with E-state index in [0.29, 0.717) is 11.8 Å². The minimum atomic E-state index is 0.622. The maximum atomic E-state index is 6.01. The third-order valence-electron chi connectivity index (χ3n) is 3.81. The average molecular weight is 260 g/mol. The van der Waals surface area contributed by atoms with E-state index in [-0.39, 0.29) is 0 Å². The highest BCUT2D eigenvalue weighted by molar-refractivity contribution is 5.29. The van der Waals surface area contributed by atoms with Crippen molar-refractivity contribution in [2.75, 3.05) is 13.2 Å². The van der Waals surface area contributed by atoms with Crippen LogP contribution < -0.4 is 10.1 Å². The summed E-state index contributed by atoms with van der Waals surface area (Å²) in [6.45, 7) is 7.01. The summed E-state index contributed by atoms with van der Waals surface area (Å²) in [7, 11) is 0. The van der Waals surface area contributed by atoms with E-state index in [0.717, 1.165) is 31.9 Å². The summed E-state index contributed by atoms with van der Waals surface area (Å²) in [6, 6.07) is 2.03. The third kappa shape index (κ3) is 4.06. The van der Waals surface area contributed by atoms with Crippen molar-refractivity contribution in [3.63, 3.8) is 0 Å². The van der Waals surface area contributed by atoms with E-state index in [1.807, 2.05) is 18.5 Å². The molecule has 0 aliphatic heterocycles. The molecule has 2 unspecified atom stereocenters. The molecule has 104 valence electrons. The van der Waals surface area contributed by atoms with Gasteiger partial charge in [0.2, 0.25) is 0 Å². The number of hydrogen-bond acceptors (Lipinski definition) is 3. The van der Waals surface area contributed by atoms with Gasteiger partial charge in [-0.15, -0.1) is 0 Å². The van der Waals surface area contributed by atoms with Gasteiger partial charge in [-0.05, 0) is 37.3 Å². The van der Waals surface area contributed by atoms with Gasteiger partial charge in [-0.25, -0.2) is 0 Å². The number of nitrogens with one attached hydrogen (secondary N) is 1. The molecule has 0 bridgehead atoms. The van der Waals surface area contributed by atoms with Crippen LogP contribution in [0.3, 0.4) is 0 Å². The van der Waals surface area contributed by atoms with Gasteiger partial charge in [0.1, 0.15) is 5.75 Å². The van der Waals surface area contributed by atoms with Crippen LogP contribution >= 0.6 is 0 Å². The first-order valence-electron chi connectivity index (χ1n) is 7.22. The Morgan fingerprint density at radius 1 is 1.37 bits per heavy atom. The number of nitrogens with zero attached hydrogens (tertiary/aromatic N) is 1. The molecule has 0 aromatic carbocycles. The molecule has 0 spiro atoms. The van der Waals surface area contributed by atoms with Crippen molar-refractivity contribution in [1.82, 2.24) is 10.3 Å².